The van der Waals surface area contributed by atoms with Crippen molar-refractivity contribution in [3.8, 4) is 0 Å². The maximum Gasteiger partial charge on any atom is 0.220 e. The molecule has 0 saturated heterocycles. The molecule has 1 saturated carbocycles. The predicted molar refractivity (Wildman–Crippen MR) is 153 cm³/mol. The Bertz CT molecular complexity index is 1060. The molecule has 2 aliphatic rings. The highest BCUT2D eigenvalue weighted by molar-refractivity contribution is 7.19. The van der Waals surface area contributed by atoms with Gasteiger partial charge in [0.25, 0.3) is 0 Å². The van der Waals surface area contributed by atoms with Gasteiger partial charge in [-0.05, 0) is 82.2 Å². The molecule has 2 aromatic heterocycles. The Morgan fingerprint density at radius 2 is 1.89 bits per heavy atom. The number of rotatable bonds is 9. The van der Waals surface area contributed by atoms with Gasteiger partial charge in [0.1, 0.15) is 17.0 Å². The van der Waals surface area contributed by atoms with Gasteiger partial charge in [0.15, 0.2) is 8.32 Å². The summed E-state index contributed by atoms with van der Waals surface area (Å²) in [5.74, 6) is 1.30. The molecule has 1 fully saturated rings. The Balaban J connectivity index is 1.38. The van der Waals surface area contributed by atoms with E-state index in [-0.39, 0.29) is 16.9 Å². The first-order valence-corrected chi connectivity index (χ1v) is 17.3. The van der Waals surface area contributed by atoms with Crippen molar-refractivity contribution in [3.05, 3.63) is 16.8 Å². The minimum Gasteiger partial charge on any atom is -0.415 e. The van der Waals surface area contributed by atoms with Crippen LogP contribution < -0.4 is 10.6 Å². The molecule has 1 atom stereocenters. The molecule has 4 rings (SSSR count). The summed E-state index contributed by atoms with van der Waals surface area (Å²) in [6.45, 7) is 12.4. The van der Waals surface area contributed by atoms with E-state index >= 15 is 0 Å². The molecule has 36 heavy (non-hydrogen) atoms. The van der Waals surface area contributed by atoms with Crippen LogP contribution in [0.5, 0.6) is 0 Å². The van der Waals surface area contributed by atoms with Gasteiger partial charge >= 0.3 is 0 Å². The highest BCUT2D eigenvalue weighted by Crippen LogP contribution is 2.47. The number of carbonyl (C=O) groups is 1. The van der Waals surface area contributed by atoms with Gasteiger partial charge in [-0.25, -0.2) is 9.97 Å². The molecule has 200 valence electrons. The lowest BCUT2D eigenvalue weighted by atomic mass is 9.90. The molecule has 2 N–H and O–H groups in total. The number of amides is 1. The number of nitrogens with zero attached hydrogens (tertiary/aromatic N) is 3. The Morgan fingerprint density at radius 3 is 2.56 bits per heavy atom. The van der Waals surface area contributed by atoms with E-state index in [1.54, 1.807) is 17.7 Å². The number of nitrogens with one attached hydrogen (secondary N) is 2. The van der Waals surface area contributed by atoms with Crippen LogP contribution in [0.3, 0.4) is 0 Å². The van der Waals surface area contributed by atoms with Gasteiger partial charge in [-0.3, -0.25) is 4.79 Å². The van der Waals surface area contributed by atoms with Crippen molar-refractivity contribution in [1.82, 2.24) is 20.2 Å². The number of aryl methyl sites for hydroxylation is 1. The Morgan fingerprint density at radius 1 is 1.17 bits per heavy atom. The first-order chi connectivity index (χ1) is 17.0. The summed E-state index contributed by atoms with van der Waals surface area (Å²) in [5.41, 5.74) is 1.31. The van der Waals surface area contributed by atoms with Crippen molar-refractivity contribution in [3.63, 3.8) is 0 Å². The van der Waals surface area contributed by atoms with Crippen molar-refractivity contribution >= 4 is 41.6 Å². The second-order valence-corrected chi connectivity index (χ2v) is 18.2. The quantitative estimate of drug-likeness (QED) is 0.327. The minimum atomic E-state index is -1.79. The van der Waals surface area contributed by atoms with Gasteiger partial charge in [0, 0.05) is 29.9 Å². The molecule has 1 unspecified atom stereocenters. The smallest absolute Gasteiger partial charge is 0.220 e. The molecule has 2 aliphatic carbocycles. The van der Waals surface area contributed by atoms with Crippen LogP contribution in [0.15, 0.2) is 6.33 Å². The van der Waals surface area contributed by atoms with Crippen molar-refractivity contribution in [2.45, 2.75) is 102 Å². The van der Waals surface area contributed by atoms with Crippen molar-refractivity contribution < 1.29 is 9.22 Å². The first kappa shape index (κ1) is 27.5. The maximum atomic E-state index is 12.9. The molecule has 1 amide bonds. The fraction of sp³-hybridized carbons (Fsp3) is 0.741. The van der Waals surface area contributed by atoms with Gasteiger partial charge in [0.05, 0.1) is 12.0 Å². The fourth-order valence-corrected chi connectivity index (χ4v) is 7.61. The summed E-state index contributed by atoms with van der Waals surface area (Å²) >= 11 is 1.78. The highest BCUT2D eigenvalue weighted by Gasteiger charge is 2.37. The molecule has 0 bridgehead atoms. The van der Waals surface area contributed by atoms with Crippen molar-refractivity contribution in [2.24, 2.45) is 0 Å². The molecular weight excluding hydrogens is 486 g/mol. The summed E-state index contributed by atoms with van der Waals surface area (Å²) in [4.78, 5) is 26.9. The third kappa shape index (κ3) is 6.11. The minimum absolute atomic E-state index is 0.111. The highest BCUT2D eigenvalue weighted by atomic mass is 32.1. The van der Waals surface area contributed by atoms with Gasteiger partial charge in [-0.2, -0.15) is 0 Å². The Kier molecular flexibility index (Phi) is 8.44. The van der Waals surface area contributed by atoms with Gasteiger partial charge in [-0.1, -0.05) is 20.8 Å². The second-order valence-electron chi connectivity index (χ2n) is 12.4. The molecule has 0 aliphatic heterocycles. The monoisotopic (exact) mass is 531 g/mol. The molecule has 0 spiro atoms. The van der Waals surface area contributed by atoms with E-state index in [1.807, 2.05) is 0 Å². The van der Waals surface area contributed by atoms with Crippen LogP contribution >= 0.6 is 11.3 Å². The molecular formula is C27H45N5O2SSi. The number of fused-ring (bicyclic) bond motifs is 3. The van der Waals surface area contributed by atoms with Gasteiger partial charge in [-0.15, -0.1) is 11.3 Å². The van der Waals surface area contributed by atoms with E-state index in [4.69, 9.17) is 4.43 Å². The van der Waals surface area contributed by atoms with Crippen LogP contribution in [0.4, 0.5) is 5.82 Å². The number of aromatic nitrogens is 2. The van der Waals surface area contributed by atoms with E-state index in [0.717, 1.165) is 41.7 Å². The largest absolute Gasteiger partial charge is 0.415 e. The van der Waals surface area contributed by atoms with Crippen molar-refractivity contribution in [1.29, 1.82) is 0 Å². The van der Waals surface area contributed by atoms with Crippen LogP contribution in [0.1, 0.15) is 75.7 Å². The topological polar surface area (TPSA) is 79.4 Å². The number of thiophene rings is 1. The van der Waals surface area contributed by atoms with E-state index in [9.17, 15) is 4.79 Å². The molecule has 2 aromatic rings. The lowest BCUT2D eigenvalue weighted by Crippen LogP contribution is -2.42. The second kappa shape index (κ2) is 11.1. The first-order valence-electron chi connectivity index (χ1n) is 13.6. The SMILES string of the molecule is CN(C)[C@H]1CC[C@H](Nc2ncnc3sc4c(c23)C(CC(=O)NCCO[Si](C)(C)C(C)(C)C)CC4)CC1. The van der Waals surface area contributed by atoms with Crippen LogP contribution in [0.25, 0.3) is 10.2 Å². The zero-order valence-electron chi connectivity index (χ0n) is 23.2. The van der Waals surface area contributed by atoms with Crippen LogP contribution in [-0.2, 0) is 15.6 Å². The normalized spacial score (nSPS) is 22.7. The fourth-order valence-electron chi connectivity index (χ4n) is 5.32. The summed E-state index contributed by atoms with van der Waals surface area (Å²) < 4.78 is 6.22. The van der Waals surface area contributed by atoms with Crippen LogP contribution in [0, 0.1) is 0 Å². The molecule has 2 heterocycles. The zero-order chi connectivity index (χ0) is 26.1. The van der Waals surface area contributed by atoms with E-state index in [1.165, 1.54) is 23.3 Å². The van der Waals surface area contributed by atoms with Crippen LogP contribution in [-0.4, -0.2) is 68.4 Å². The summed E-state index contributed by atoms with van der Waals surface area (Å²) in [6.07, 6.45) is 8.98. The summed E-state index contributed by atoms with van der Waals surface area (Å²) in [6, 6.07) is 1.12. The lowest BCUT2D eigenvalue weighted by Gasteiger charge is -2.36. The number of anilines is 1. The molecule has 9 heteroatoms. The van der Waals surface area contributed by atoms with Gasteiger partial charge < -0.3 is 20.0 Å². The molecule has 0 aromatic carbocycles. The molecule has 0 radical (unpaired) electrons. The Hall–Kier alpha value is -1.55. The van der Waals surface area contributed by atoms with E-state index < -0.39 is 8.32 Å². The van der Waals surface area contributed by atoms with Crippen LogP contribution in [0.2, 0.25) is 18.1 Å². The average molecular weight is 532 g/mol. The standard InChI is InChI=1S/C27H45N5O2SSi/c1-27(2,3)36(6,7)34-15-14-28-22(33)16-18-8-13-21-23(18)24-25(29-17-30-26(24)35-21)31-19-9-11-20(12-10-19)32(4)5/h17-20H,8-16H2,1-7H3,(H,28,33)(H,29,30,31)/t18?,19-,20-. The third-order valence-electron chi connectivity index (χ3n) is 8.62. The predicted octanol–water partition coefficient (Wildman–Crippen LogP) is 5.53. The number of hydrogen-bond donors (Lipinski definition) is 2. The Labute approximate surface area is 221 Å². The number of carbonyl (C=O) groups excluding carboxylic acids is 1. The van der Waals surface area contributed by atoms with Crippen molar-refractivity contribution in [2.75, 3.05) is 32.6 Å². The van der Waals surface area contributed by atoms with E-state index in [2.05, 4.69) is 73.5 Å². The zero-order valence-corrected chi connectivity index (χ0v) is 25.1. The number of hydrogen-bond acceptors (Lipinski definition) is 7. The maximum absolute atomic E-state index is 12.9. The van der Waals surface area contributed by atoms with E-state index in [0.29, 0.717) is 31.7 Å². The summed E-state index contributed by atoms with van der Waals surface area (Å²) in [5, 5.41) is 8.21. The lowest BCUT2D eigenvalue weighted by molar-refractivity contribution is -0.121. The third-order valence-corrected chi connectivity index (χ3v) is 14.3. The summed E-state index contributed by atoms with van der Waals surface area (Å²) in [7, 11) is 2.57. The molecule has 7 nitrogen and oxygen atoms in total. The van der Waals surface area contributed by atoms with Gasteiger partial charge in [0.2, 0.25) is 5.91 Å². The average Bonchev–Trinajstić information content (AvgIpc) is 3.36.